The minimum atomic E-state index is -0.425. The summed E-state index contributed by atoms with van der Waals surface area (Å²) >= 11 is 11.2. The van der Waals surface area contributed by atoms with Gasteiger partial charge in [0.25, 0.3) is 0 Å². The van der Waals surface area contributed by atoms with Crippen molar-refractivity contribution in [2.24, 2.45) is 0 Å². The average molecular weight is 276 g/mol. The first-order valence-electron chi connectivity index (χ1n) is 4.95. The van der Waals surface area contributed by atoms with Crippen LogP contribution in [0.15, 0.2) is 24.3 Å². The maximum absolute atomic E-state index is 5.59. The van der Waals surface area contributed by atoms with E-state index in [4.69, 9.17) is 32.7 Å². The molecule has 3 radical (unpaired) electrons. The normalized spacial score (nSPS) is 11.0. The number of alkyl halides is 2. The van der Waals surface area contributed by atoms with Gasteiger partial charge in [0.15, 0.2) is 6.29 Å². The second kappa shape index (κ2) is 8.09. The zero-order valence-corrected chi connectivity index (χ0v) is 11.3. The van der Waals surface area contributed by atoms with Crippen molar-refractivity contribution in [2.45, 2.75) is 6.29 Å². The minimum absolute atomic E-state index is 0.425. The fourth-order valence-electron chi connectivity index (χ4n) is 1.23. The highest BCUT2D eigenvalue weighted by atomic mass is 35.5. The lowest BCUT2D eigenvalue weighted by atomic mass is 10.2. The van der Waals surface area contributed by atoms with Crippen LogP contribution in [-0.2, 0) is 9.47 Å². The van der Waals surface area contributed by atoms with Crippen molar-refractivity contribution in [2.75, 3.05) is 25.0 Å². The largest absolute Gasteiger partial charge is 0.347 e. The molecule has 0 unspecified atom stereocenters. The van der Waals surface area contributed by atoms with Crippen LogP contribution in [0.5, 0.6) is 0 Å². The molecule has 1 aromatic rings. The van der Waals surface area contributed by atoms with Crippen molar-refractivity contribution in [1.82, 2.24) is 0 Å². The van der Waals surface area contributed by atoms with Crippen molar-refractivity contribution < 1.29 is 9.47 Å². The second-order valence-corrected chi connectivity index (χ2v) is 4.33. The van der Waals surface area contributed by atoms with E-state index in [0.29, 0.717) is 25.0 Å². The van der Waals surface area contributed by atoms with E-state index in [9.17, 15) is 0 Å². The summed E-state index contributed by atoms with van der Waals surface area (Å²) in [6, 6.07) is 7.74. The van der Waals surface area contributed by atoms with Crippen molar-refractivity contribution in [3.05, 3.63) is 29.8 Å². The maximum Gasteiger partial charge on any atom is 0.183 e. The SMILES string of the molecule is [Si]c1ccccc1C(OCCCl)OCCCl. The first-order chi connectivity index (χ1) is 7.79. The molecule has 0 bridgehead atoms. The summed E-state index contributed by atoms with van der Waals surface area (Å²) < 4.78 is 11.0. The molecule has 87 valence electrons. The highest BCUT2D eigenvalue weighted by Crippen LogP contribution is 2.16. The molecule has 1 aromatic carbocycles. The van der Waals surface area contributed by atoms with Crippen LogP contribution in [-0.4, -0.2) is 35.2 Å². The number of rotatable bonds is 7. The molecule has 0 aliphatic heterocycles. The summed E-state index contributed by atoms with van der Waals surface area (Å²) in [6.07, 6.45) is -0.425. The first-order valence-corrected chi connectivity index (χ1v) is 6.52. The minimum Gasteiger partial charge on any atom is -0.347 e. The van der Waals surface area contributed by atoms with Crippen LogP contribution in [0.2, 0.25) is 0 Å². The van der Waals surface area contributed by atoms with E-state index < -0.39 is 6.29 Å². The Balaban J connectivity index is 2.70. The number of hydrogen-bond donors (Lipinski definition) is 0. The molecule has 0 N–H and O–H groups in total. The standard InChI is InChI=1S/C11H13Cl2O2Si/c12-5-7-14-11(15-8-6-13)9-3-1-2-4-10(9)16/h1-4,11H,5-8H2. The molecule has 5 heteroatoms. The smallest absolute Gasteiger partial charge is 0.183 e. The van der Waals surface area contributed by atoms with E-state index in [1.165, 1.54) is 0 Å². The topological polar surface area (TPSA) is 18.5 Å². The van der Waals surface area contributed by atoms with Gasteiger partial charge < -0.3 is 9.47 Å². The molecular weight excluding hydrogens is 263 g/mol. The van der Waals surface area contributed by atoms with Gasteiger partial charge in [-0.2, -0.15) is 0 Å². The van der Waals surface area contributed by atoms with Crippen LogP contribution in [0.4, 0.5) is 0 Å². The number of benzene rings is 1. The molecule has 0 atom stereocenters. The van der Waals surface area contributed by atoms with Gasteiger partial charge in [0, 0.05) is 17.3 Å². The zero-order valence-electron chi connectivity index (χ0n) is 8.79. The van der Waals surface area contributed by atoms with Gasteiger partial charge in [-0.3, -0.25) is 0 Å². The Bertz CT molecular complexity index is 302. The maximum atomic E-state index is 5.59. The van der Waals surface area contributed by atoms with Gasteiger partial charge in [-0.15, -0.1) is 23.2 Å². The molecule has 0 saturated carbocycles. The van der Waals surface area contributed by atoms with Crippen molar-refractivity contribution in [3.8, 4) is 0 Å². The number of ether oxygens (including phenoxy) is 2. The van der Waals surface area contributed by atoms with Crippen LogP contribution in [0.25, 0.3) is 0 Å². The summed E-state index contributed by atoms with van der Waals surface area (Å²) in [4.78, 5) is 0. The van der Waals surface area contributed by atoms with Crippen molar-refractivity contribution >= 4 is 38.6 Å². The quantitative estimate of drug-likeness (QED) is 0.431. The Labute approximate surface area is 109 Å². The zero-order chi connectivity index (χ0) is 11.8. The first kappa shape index (κ1) is 14.0. The highest BCUT2D eigenvalue weighted by molar-refractivity contribution is 6.33. The molecule has 0 amide bonds. The molecule has 0 spiro atoms. The van der Waals surface area contributed by atoms with Crippen LogP contribution in [0.1, 0.15) is 11.9 Å². The van der Waals surface area contributed by atoms with Crippen molar-refractivity contribution in [1.29, 1.82) is 0 Å². The van der Waals surface area contributed by atoms with Crippen LogP contribution < -0.4 is 5.19 Å². The molecule has 16 heavy (non-hydrogen) atoms. The fourth-order valence-corrected chi connectivity index (χ4v) is 1.71. The lowest BCUT2D eigenvalue weighted by Gasteiger charge is -2.19. The van der Waals surface area contributed by atoms with Crippen molar-refractivity contribution in [3.63, 3.8) is 0 Å². The molecule has 0 fully saturated rings. The third kappa shape index (κ3) is 4.43. The predicted molar refractivity (Wildman–Crippen MR) is 67.9 cm³/mol. The Kier molecular flexibility index (Phi) is 7.08. The number of halogens is 2. The van der Waals surface area contributed by atoms with E-state index in [2.05, 4.69) is 10.2 Å². The Morgan fingerprint density at radius 1 is 1.06 bits per heavy atom. The third-order valence-corrected chi connectivity index (χ3v) is 2.67. The second-order valence-electron chi connectivity index (χ2n) is 3.04. The van der Waals surface area contributed by atoms with E-state index in [0.717, 1.165) is 10.8 Å². The molecular formula is C11H13Cl2O2Si. The average Bonchev–Trinajstić information content (AvgIpc) is 2.31. The molecule has 1 rings (SSSR count). The molecule has 0 saturated heterocycles. The Hall–Kier alpha value is -0.0631. The Morgan fingerprint density at radius 3 is 2.12 bits per heavy atom. The molecule has 2 nitrogen and oxygen atoms in total. The van der Waals surface area contributed by atoms with Gasteiger partial charge in [-0.05, 0) is 0 Å². The van der Waals surface area contributed by atoms with Crippen LogP contribution in [0.3, 0.4) is 0 Å². The van der Waals surface area contributed by atoms with Crippen LogP contribution >= 0.6 is 23.2 Å². The van der Waals surface area contributed by atoms with Gasteiger partial charge >= 0.3 is 0 Å². The molecule has 0 aliphatic carbocycles. The van der Waals surface area contributed by atoms with E-state index >= 15 is 0 Å². The van der Waals surface area contributed by atoms with Gasteiger partial charge in [-0.1, -0.05) is 29.5 Å². The third-order valence-electron chi connectivity index (χ3n) is 1.91. The van der Waals surface area contributed by atoms with Gasteiger partial charge in [-0.25, -0.2) is 0 Å². The molecule has 0 aromatic heterocycles. The van der Waals surface area contributed by atoms with Gasteiger partial charge in [0.2, 0.25) is 0 Å². The highest BCUT2D eigenvalue weighted by Gasteiger charge is 2.13. The summed E-state index contributed by atoms with van der Waals surface area (Å²) in [5.41, 5.74) is 0.939. The van der Waals surface area contributed by atoms with E-state index in [1.54, 1.807) is 0 Å². The lowest BCUT2D eigenvalue weighted by Crippen LogP contribution is -2.20. The van der Waals surface area contributed by atoms with E-state index in [1.807, 2.05) is 24.3 Å². The Morgan fingerprint density at radius 2 is 1.62 bits per heavy atom. The molecule has 0 heterocycles. The monoisotopic (exact) mass is 275 g/mol. The van der Waals surface area contributed by atoms with E-state index in [-0.39, 0.29) is 0 Å². The summed E-state index contributed by atoms with van der Waals surface area (Å²) in [7, 11) is 3.51. The predicted octanol–water partition coefficient (Wildman–Crippen LogP) is 1.99. The summed E-state index contributed by atoms with van der Waals surface area (Å²) in [5.74, 6) is 0.870. The molecule has 0 aliphatic rings. The number of hydrogen-bond acceptors (Lipinski definition) is 2. The summed E-state index contributed by atoms with van der Waals surface area (Å²) in [6.45, 7) is 0.879. The fraction of sp³-hybridized carbons (Fsp3) is 0.455. The van der Waals surface area contributed by atoms with Gasteiger partial charge in [0.05, 0.1) is 23.5 Å². The van der Waals surface area contributed by atoms with Gasteiger partial charge in [0.1, 0.15) is 0 Å². The lowest BCUT2D eigenvalue weighted by molar-refractivity contribution is -0.138. The summed E-state index contributed by atoms with van der Waals surface area (Å²) in [5, 5.41) is 0.941. The van der Waals surface area contributed by atoms with Crippen LogP contribution in [0, 0.1) is 0 Å².